The first-order valence-corrected chi connectivity index (χ1v) is 9.91. The summed E-state index contributed by atoms with van der Waals surface area (Å²) in [6.07, 6.45) is 1.82. The number of morpholine rings is 1. The topological polar surface area (TPSA) is 48.0 Å². The minimum Gasteiger partial charge on any atom is -0.493 e. The number of benzene rings is 2. The van der Waals surface area contributed by atoms with Crippen LogP contribution in [0.2, 0.25) is 0 Å². The van der Waals surface area contributed by atoms with Crippen molar-refractivity contribution in [1.29, 1.82) is 0 Å². The number of ether oxygens (including phenoxy) is 3. The first kappa shape index (κ1) is 18.8. The summed E-state index contributed by atoms with van der Waals surface area (Å²) in [7, 11) is 1.67. The molecule has 0 spiro atoms. The van der Waals surface area contributed by atoms with Crippen LogP contribution in [0.15, 0.2) is 36.4 Å². The summed E-state index contributed by atoms with van der Waals surface area (Å²) in [5.41, 5.74) is 4.39. The van der Waals surface area contributed by atoms with E-state index in [0.29, 0.717) is 12.5 Å². The Labute approximate surface area is 166 Å². The molecule has 0 radical (unpaired) electrons. The van der Waals surface area contributed by atoms with E-state index < -0.39 is 0 Å². The van der Waals surface area contributed by atoms with Gasteiger partial charge in [-0.3, -0.25) is 4.79 Å². The second kappa shape index (κ2) is 8.23. The normalized spacial score (nSPS) is 18.9. The summed E-state index contributed by atoms with van der Waals surface area (Å²) in [5.74, 6) is 2.13. The van der Waals surface area contributed by atoms with Crippen molar-refractivity contribution >= 4 is 11.5 Å². The summed E-state index contributed by atoms with van der Waals surface area (Å²) >= 11 is 0. The molecule has 2 heterocycles. The maximum Gasteiger partial charge on any atom is 0.164 e. The molecule has 4 rings (SSSR count). The molecule has 0 N–H and O–H groups in total. The third-order valence-corrected chi connectivity index (χ3v) is 5.60. The van der Waals surface area contributed by atoms with Gasteiger partial charge in [0.15, 0.2) is 17.3 Å². The average molecular weight is 381 g/mol. The van der Waals surface area contributed by atoms with E-state index >= 15 is 0 Å². The van der Waals surface area contributed by atoms with Gasteiger partial charge < -0.3 is 19.1 Å². The van der Waals surface area contributed by atoms with Crippen molar-refractivity contribution in [2.45, 2.75) is 19.8 Å². The first-order valence-electron chi connectivity index (χ1n) is 9.91. The second-order valence-corrected chi connectivity index (χ2v) is 7.53. The van der Waals surface area contributed by atoms with E-state index in [9.17, 15) is 4.79 Å². The maximum atomic E-state index is 11.9. The summed E-state index contributed by atoms with van der Waals surface area (Å²) in [6.45, 7) is 5.53. The lowest BCUT2D eigenvalue weighted by Crippen LogP contribution is -2.37. The lowest BCUT2D eigenvalue weighted by molar-refractivity contribution is 0.101. The quantitative estimate of drug-likeness (QED) is 0.742. The summed E-state index contributed by atoms with van der Waals surface area (Å²) < 4.78 is 17.0. The minimum absolute atomic E-state index is 0.102. The van der Waals surface area contributed by atoms with Crippen molar-refractivity contribution in [3.8, 4) is 11.5 Å². The van der Waals surface area contributed by atoms with E-state index in [0.717, 1.165) is 56.2 Å². The van der Waals surface area contributed by atoms with Gasteiger partial charge in [0.1, 0.15) is 0 Å². The molecule has 28 heavy (non-hydrogen) atoms. The molecule has 2 aromatic rings. The molecule has 1 saturated heterocycles. The number of nitrogens with zero attached hydrogens (tertiary/aromatic N) is 1. The Morgan fingerprint density at radius 3 is 2.79 bits per heavy atom. The van der Waals surface area contributed by atoms with Crippen molar-refractivity contribution < 1.29 is 19.0 Å². The SMILES string of the molecule is COc1cccc2c1OC[C@H](Cc1cc(C(C)=O)ccc1N1CCOCC1)C2. The summed E-state index contributed by atoms with van der Waals surface area (Å²) in [5, 5.41) is 0. The number of fused-ring (bicyclic) bond motifs is 1. The van der Waals surface area contributed by atoms with Gasteiger partial charge in [-0.15, -0.1) is 0 Å². The van der Waals surface area contributed by atoms with Gasteiger partial charge in [0.2, 0.25) is 0 Å². The number of ketones is 1. The standard InChI is InChI=1S/C23H27NO4/c1-16(25)18-6-7-21(24-8-10-27-11-9-24)20(14-18)13-17-12-19-4-3-5-22(26-2)23(19)28-15-17/h3-7,14,17H,8-13,15H2,1-2H3/t17-/m0/s1. The molecule has 1 fully saturated rings. The fraction of sp³-hybridized carbons (Fsp3) is 0.435. The molecule has 0 aliphatic carbocycles. The van der Waals surface area contributed by atoms with Crippen LogP contribution in [0, 0.1) is 5.92 Å². The molecule has 5 heteroatoms. The van der Waals surface area contributed by atoms with Crippen molar-refractivity contribution in [3.63, 3.8) is 0 Å². The van der Waals surface area contributed by atoms with E-state index in [1.54, 1.807) is 14.0 Å². The van der Waals surface area contributed by atoms with Crippen LogP contribution in [0.1, 0.15) is 28.4 Å². The lowest BCUT2D eigenvalue weighted by Gasteiger charge is -2.32. The van der Waals surface area contributed by atoms with Crippen molar-refractivity contribution in [2.24, 2.45) is 5.92 Å². The Bertz CT molecular complexity index is 858. The Balaban J connectivity index is 1.59. The molecule has 2 aliphatic rings. The monoisotopic (exact) mass is 381 g/mol. The van der Waals surface area contributed by atoms with Gasteiger partial charge in [-0.05, 0) is 55.2 Å². The van der Waals surface area contributed by atoms with Gasteiger partial charge in [0, 0.05) is 30.3 Å². The molecular formula is C23H27NO4. The molecule has 0 amide bonds. The summed E-state index contributed by atoms with van der Waals surface area (Å²) in [4.78, 5) is 14.3. The van der Waals surface area contributed by atoms with Crippen LogP contribution >= 0.6 is 0 Å². The Morgan fingerprint density at radius 2 is 2.04 bits per heavy atom. The highest BCUT2D eigenvalue weighted by molar-refractivity contribution is 5.94. The van der Waals surface area contributed by atoms with Crippen LogP contribution in [-0.4, -0.2) is 45.8 Å². The van der Waals surface area contributed by atoms with E-state index in [-0.39, 0.29) is 5.78 Å². The van der Waals surface area contributed by atoms with Gasteiger partial charge >= 0.3 is 0 Å². The second-order valence-electron chi connectivity index (χ2n) is 7.53. The molecule has 0 aromatic heterocycles. The van der Waals surface area contributed by atoms with E-state index in [2.05, 4.69) is 23.1 Å². The number of hydrogen-bond acceptors (Lipinski definition) is 5. The molecule has 2 aliphatic heterocycles. The van der Waals surface area contributed by atoms with Crippen LogP contribution in [-0.2, 0) is 17.6 Å². The minimum atomic E-state index is 0.102. The highest BCUT2D eigenvalue weighted by Gasteiger charge is 2.25. The van der Waals surface area contributed by atoms with Crippen LogP contribution < -0.4 is 14.4 Å². The number of carbonyl (C=O) groups excluding carboxylic acids is 1. The lowest BCUT2D eigenvalue weighted by atomic mass is 9.89. The third kappa shape index (κ3) is 3.85. The van der Waals surface area contributed by atoms with E-state index in [1.807, 2.05) is 18.2 Å². The molecule has 1 atom stereocenters. The number of carbonyl (C=O) groups is 1. The Hall–Kier alpha value is -2.53. The van der Waals surface area contributed by atoms with Gasteiger partial charge in [0.25, 0.3) is 0 Å². The highest BCUT2D eigenvalue weighted by Crippen LogP contribution is 2.37. The average Bonchev–Trinajstić information content (AvgIpc) is 2.73. The van der Waals surface area contributed by atoms with E-state index in [1.165, 1.54) is 16.8 Å². The van der Waals surface area contributed by atoms with Gasteiger partial charge in [-0.25, -0.2) is 0 Å². The Morgan fingerprint density at radius 1 is 1.21 bits per heavy atom. The van der Waals surface area contributed by atoms with Crippen molar-refractivity contribution in [1.82, 2.24) is 0 Å². The first-order chi connectivity index (χ1) is 13.7. The number of Topliss-reactive ketones (excluding diaryl/α,β-unsaturated/α-hetero) is 1. The predicted octanol–water partition coefficient (Wildman–Crippen LogP) is 3.53. The van der Waals surface area contributed by atoms with Crippen LogP contribution in [0.5, 0.6) is 11.5 Å². The van der Waals surface area contributed by atoms with Crippen LogP contribution in [0.3, 0.4) is 0 Å². The number of anilines is 1. The zero-order chi connectivity index (χ0) is 19.5. The van der Waals surface area contributed by atoms with Crippen molar-refractivity contribution in [3.05, 3.63) is 53.1 Å². The molecule has 0 bridgehead atoms. The fourth-order valence-corrected chi connectivity index (χ4v) is 4.14. The zero-order valence-corrected chi connectivity index (χ0v) is 16.6. The van der Waals surface area contributed by atoms with Crippen molar-refractivity contribution in [2.75, 3.05) is 44.9 Å². The number of methoxy groups -OCH3 is 1. The summed E-state index contributed by atoms with van der Waals surface area (Å²) in [6, 6.07) is 12.2. The molecule has 148 valence electrons. The Kier molecular flexibility index (Phi) is 5.53. The number of hydrogen-bond donors (Lipinski definition) is 0. The largest absolute Gasteiger partial charge is 0.493 e. The third-order valence-electron chi connectivity index (χ3n) is 5.60. The van der Waals surface area contributed by atoms with Crippen LogP contribution in [0.4, 0.5) is 5.69 Å². The van der Waals surface area contributed by atoms with E-state index in [4.69, 9.17) is 14.2 Å². The smallest absolute Gasteiger partial charge is 0.164 e. The van der Waals surface area contributed by atoms with Crippen LogP contribution in [0.25, 0.3) is 0 Å². The number of rotatable bonds is 5. The van der Waals surface area contributed by atoms with Gasteiger partial charge in [-0.2, -0.15) is 0 Å². The molecule has 0 unspecified atom stereocenters. The molecular weight excluding hydrogens is 354 g/mol. The number of para-hydroxylation sites is 1. The zero-order valence-electron chi connectivity index (χ0n) is 16.6. The predicted molar refractivity (Wildman–Crippen MR) is 109 cm³/mol. The molecule has 2 aromatic carbocycles. The van der Waals surface area contributed by atoms with Gasteiger partial charge in [-0.1, -0.05) is 12.1 Å². The van der Waals surface area contributed by atoms with Gasteiger partial charge in [0.05, 0.1) is 26.9 Å². The fourth-order valence-electron chi connectivity index (χ4n) is 4.14. The highest BCUT2D eigenvalue weighted by atomic mass is 16.5. The molecule has 0 saturated carbocycles. The maximum absolute atomic E-state index is 11.9. The molecule has 5 nitrogen and oxygen atoms in total.